The number of nitrogens with one attached hydrogen (secondary N) is 1. The predicted octanol–water partition coefficient (Wildman–Crippen LogP) is 3.14. The van der Waals surface area contributed by atoms with Crippen LogP contribution >= 0.6 is 11.3 Å². The number of carbonyl (C=O) groups is 1. The van der Waals surface area contributed by atoms with Gasteiger partial charge in [-0.3, -0.25) is 14.9 Å². The van der Waals surface area contributed by atoms with E-state index < -0.39 is 10.9 Å². The van der Waals surface area contributed by atoms with E-state index in [0.29, 0.717) is 15.8 Å². The molecule has 2 heterocycles. The second-order valence-electron chi connectivity index (χ2n) is 6.34. The van der Waals surface area contributed by atoms with E-state index in [0.717, 1.165) is 24.8 Å². The van der Waals surface area contributed by atoms with E-state index in [2.05, 4.69) is 9.97 Å². The van der Waals surface area contributed by atoms with Crippen LogP contribution in [0, 0.1) is 10.1 Å². The third-order valence-corrected chi connectivity index (χ3v) is 5.65. The molecule has 0 atom stereocenters. The minimum atomic E-state index is -0.636. The Hall–Kier alpha value is -3.33. The van der Waals surface area contributed by atoms with Crippen LogP contribution in [0.15, 0.2) is 35.1 Å². The van der Waals surface area contributed by atoms with E-state index >= 15 is 0 Å². The number of aromatic nitrogens is 2. The highest BCUT2D eigenvalue weighted by Crippen LogP contribution is 2.34. The van der Waals surface area contributed by atoms with Gasteiger partial charge < -0.3 is 9.72 Å². The van der Waals surface area contributed by atoms with Gasteiger partial charge in [0.05, 0.1) is 10.3 Å². The van der Waals surface area contributed by atoms with Crippen LogP contribution in [0.4, 0.5) is 5.69 Å². The van der Waals surface area contributed by atoms with Gasteiger partial charge in [-0.1, -0.05) is 12.1 Å². The van der Waals surface area contributed by atoms with E-state index in [1.54, 1.807) is 6.07 Å². The van der Waals surface area contributed by atoms with Gasteiger partial charge >= 0.3 is 5.97 Å². The van der Waals surface area contributed by atoms with E-state index in [1.807, 2.05) is 0 Å². The molecule has 0 radical (unpaired) electrons. The Morgan fingerprint density at radius 1 is 1.39 bits per heavy atom. The van der Waals surface area contributed by atoms with Crippen molar-refractivity contribution in [3.63, 3.8) is 0 Å². The number of nitro benzene ring substituents is 1. The van der Waals surface area contributed by atoms with Gasteiger partial charge in [-0.2, -0.15) is 0 Å². The number of fused-ring (bicyclic) bond motifs is 3. The van der Waals surface area contributed by atoms with E-state index in [-0.39, 0.29) is 23.7 Å². The number of esters is 1. The number of nitrogens with zero attached hydrogens (tertiary/aromatic N) is 2. The molecule has 0 saturated heterocycles. The molecular formula is C19H15N3O5S. The minimum absolute atomic E-state index is 0.0616. The second-order valence-corrected chi connectivity index (χ2v) is 7.43. The number of non-ortho nitro benzene ring substituents is 1. The number of rotatable bonds is 5. The van der Waals surface area contributed by atoms with Crippen molar-refractivity contribution in [2.24, 2.45) is 0 Å². The third kappa shape index (κ3) is 3.56. The summed E-state index contributed by atoms with van der Waals surface area (Å²) in [6.07, 6.45) is 5.54. The monoisotopic (exact) mass is 397 g/mol. The van der Waals surface area contributed by atoms with Crippen LogP contribution in [-0.4, -0.2) is 20.9 Å². The van der Waals surface area contributed by atoms with Crippen molar-refractivity contribution < 1.29 is 14.5 Å². The fraction of sp³-hybridized carbons (Fsp3) is 0.211. The Kier molecular flexibility index (Phi) is 4.74. The lowest BCUT2D eigenvalue weighted by atomic mass is 10.2. The molecule has 4 rings (SSSR count). The first kappa shape index (κ1) is 18.1. The summed E-state index contributed by atoms with van der Waals surface area (Å²) in [6, 6.07) is 5.90. The summed E-state index contributed by atoms with van der Waals surface area (Å²) >= 11 is 1.52. The zero-order valence-corrected chi connectivity index (χ0v) is 15.5. The van der Waals surface area contributed by atoms with Crippen LogP contribution in [0.2, 0.25) is 0 Å². The summed E-state index contributed by atoms with van der Waals surface area (Å²) in [5, 5.41) is 11.4. The van der Waals surface area contributed by atoms with Crippen LogP contribution in [0.3, 0.4) is 0 Å². The largest absolute Gasteiger partial charge is 0.454 e. The van der Waals surface area contributed by atoms with Crippen molar-refractivity contribution in [2.75, 3.05) is 0 Å². The van der Waals surface area contributed by atoms with Gasteiger partial charge in [0.15, 0.2) is 0 Å². The Morgan fingerprint density at radius 2 is 2.25 bits per heavy atom. The minimum Gasteiger partial charge on any atom is -0.454 e. The standard InChI is InChI=1S/C19H15N3O5S/c23-16(8-7-11-3-1-4-12(9-11)22(25)26)27-10-15-20-18(24)17-13-5-2-6-14(13)28-19(17)21-15/h1,3-4,7-9H,2,5-6,10H2,(H,20,21,24)/b8-7+. The van der Waals surface area contributed by atoms with Gasteiger partial charge in [0.1, 0.15) is 17.3 Å². The van der Waals surface area contributed by atoms with E-state index in [4.69, 9.17) is 4.74 Å². The van der Waals surface area contributed by atoms with Gasteiger partial charge in [-0.05, 0) is 36.5 Å². The van der Waals surface area contributed by atoms with Crippen molar-refractivity contribution in [2.45, 2.75) is 25.9 Å². The molecule has 1 aliphatic rings. The quantitative estimate of drug-likeness (QED) is 0.306. The summed E-state index contributed by atoms with van der Waals surface area (Å²) in [5.74, 6) is -0.350. The maximum Gasteiger partial charge on any atom is 0.331 e. The van der Waals surface area contributed by atoms with Crippen molar-refractivity contribution in [1.29, 1.82) is 0 Å². The topological polar surface area (TPSA) is 115 Å². The molecule has 3 aromatic rings. The maximum absolute atomic E-state index is 12.4. The van der Waals surface area contributed by atoms with Gasteiger partial charge in [-0.25, -0.2) is 9.78 Å². The molecule has 28 heavy (non-hydrogen) atoms. The summed E-state index contributed by atoms with van der Waals surface area (Å²) in [7, 11) is 0. The summed E-state index contributed by atoms with van der Waals surface area (Å²) in [4.78, 5) is 43.5. The average molecular weight is 397 g/mol. The fourth-order valence-electron chi connectivity index (χ4n) is 3.21. The molecule has 0 unspecified atom stereocenters. The highest BCUT2D eigenvalue weighted by atomic mass is 32.1. The third-order valence-electron chi connectivity index (χ3n) is 4.47. The first-order valence-corrected chi connectivity index (χ1v) is 9.45. The molecule has 1 aliphatic carbocycles. The average Bonchev–Trinajstić information content (AvgIpc) is 3.25. The Bertz CT molecular complexity index is 1180. The van der Waals surface area contributed by atoms with Gasteiger partial charge in [0.25, 0.3) is 11.2 Å². The highest BCUT2D eigenvalue weighted by Gasteiger charge is 2.21. The highest BCUT2D eigenvalue weighted by molar-refractivity contribution is 7.18. The molecule has 1 aromatic carbocycles. The molecule has 0 bridgehead atoms. The molecule has 8 nitrogen and oxygen atoms in total. The summed E-state index contributed by atoms with van der Waals surface area (Å²) in [6.45, 7) is -0.161. The number of hydrogen-bond acceptors (Lipinski definition) is 7. The number of carbonyl (C=O) groups excluding carboxylic acids is 1. The van der Waals surface area contributed by atoms with Crippen LogP contribution in [0.1, 0.15) is 28.2 Å². The number of ether oxygens (including phenoxy) is 1. The number of aromatic amines is 1. The number of benzene rings is 1. The Labute approximate surface area is 162 Å². The lowest BCUT2D eigenvalue weighted by molar-refractivity contribution is -0.384. The van der Waals surface area contributed by atoms with E-state index in [1.165, 1.54) is 46.6 Å². The Balaban J connectivity index is 1.44. The summed E-state index contributed by atoms with van der Waals surface area (Å²) in [5.41, 5.74) is 1.33. The first-order valence-electron chi connectivity index (χ1n) is 8.64. The molecule has 142 valence electrons. The van der Waals surface area contributed by atoms with Crippen LogP contribution in [0.5, 0.6) is 0 Å². The van der Waals surface area contributed by atoms with Crippen molar-refractivity contribution in [3.8, 4) is 0 Å². The lowest BCUT2D eigenvalue weighted by Gasteiger charge is -2.02. The number of H-pyrrole nitrogens is 1. The van der Waals surface area contributed by atoms with E-state index in [9.17, 15) is 19.7 Å². The van der Waals surface area contributed by atoms with Crippen molar-refractivity contribution in [1.82, 2.24) is 9.97 Å². The molecule has 0 saturated carbocycles. The molecule has 9 heteroatoms. The molecule has 0 amide bonds. The normalized spacial score (nSPS) is 13.1. The van der Waals surface area contributed by atoms with Gasteiger partial charge in [0.2, 0.25) is 0 Å². The van der Waals surface area contributed by atoms with Crippen molar-refractivity contribution >= 4 is 39.3 Å². The lowest BCUT2D eigenvalue weighted by Crippen LogP contribution is -2.13. The number of hydrogen-bond donors (Lipinski definition) is 1. The maximum atomic E-state index is 12.4. The summed E-state index contributed by atoms with van der Waals surface area (Å²) < 4.78 is 5.12. The zero-order valence-electron chi connectivity index (χ0n) is 14.6. The second kappa shape index (κ2) is 7.35. The van der Waals surface area contributed by atoms with Crippen LogP contribution in [-0.2, 0) is 29.0 Å². The smallest absolute Gasteiger partial charge is 0.331 e. The molecule has 0 spiro atoms. The Morgan fingerprint density at radius 3 is 3.07 bits per heavy atom. The molecular weight excluding hydrogens is 382 g/mol. The number of aryl methyl sites for hydroxylation is 2. The van der Waals surface area contributed by atoms with Crippen LogP contribution in [0.25, 0.3) is 16.3 Å². The number of nitro groups is 1. The number of thiophene rings is 1. The molecule has 0 fully saturated rings. The fourth-order valence-corrected chi connectivity index (χ4v) is 4.49. The molecule has 0 aliphatic heterocycles. The van der Waals surface area contributed by atoms with Crippen LogP contribution < -0.4 is 5.56 Å². The SMILES string of the molecule is O=C(/C=C/c1cccc([N+](=O)[O-])c1)OCc1nc2sc3c(c2c(=O)[nH]1)CCC3. The molecule has 1 N–H and O–H groups in total. The molecule has 2 aromatic heterocycles. The zero-order chi connectivity index (χ0) is 19.7. The van der Waals surface area contributed by atoms with Gasteiger partial charge in [0, 0.05) is 23.1 Å². The first-order chi connectivity index (χ1) is 13.5. The van der Waals surface area contributed by atoms with Gasteiger partial charge in [-0.15, -0.1) is 11.3 Å². The van der Waals surface area contributed by atoms with Crippen molar-refractivity contribution in [3.05, 3.63) is 72.6 Å². The predicted molar refractivity (Wildman–Crippen MR) is 104 cm³/mol.